The van der Waals surface area contributed by atoms with Gasteiger partial charge in [-0.1, -0.05) is 6.92 Å². The van der Waals surface area contributed by atoms with E-state index in [1.54, 1.807) is 0 Å². The van der Waals surface area contributed by atoms with E-state index in [9.17, 15) is 24.3 Å². The van der Waals surface area contributed by atoms with Gasteiger partial charge in [0.2, 0.25) is 5.88 Å². The second-order valence-electron chi connectivity index (χ2n) is 8.80. The first-order valence-corrected chi connectivity index (χ1v) is 10.2. The average Bonchev–Trinajstić information content (AvgIpc) is 2.93. The molecule has 3 fully saturated rings. The van der Waals surface area contributed by atoms with Gasteiger partial charge in [0.15, 0.2) is 0 Å². The van der Waals surface area contributed by atoms with Crippen LogP contribution in [0.3, 0.4) is 0 Å². The van der Waals surface area contributed by atoms with Crippen molar-refractivity contribution in [2.24, 2.45) is 11.1 Å². The van der Waals surface area contributed by atoms with E-state index in [0.717, 1.165) is 9.13 Å². The van der Waals surface area contributed by atoms with Crippen LogP contribution in [0.15, 0.2) is 9.59 Å². The highest BCUT2D eigenvalue weighted by atomic mass is 16.3. The quantitative estimate of drug-likeness (QED) is 0.259. The summed E-state index contributed by atoms with van der Waals surface area (Å²) in [5, 5.41) is 23.0. The number of nitrogens with zero attached hydrogens (tertiary/aromatic N) is 2. The number of amidine groups is 1. The zero-order valence-corrected chi connectivity index (χ0v) is 16.8. The highest BCUT2D eigenvalue weighted by molar-refractivity contribution is 6.07. The molecule has 0 bridgehead atoms. The summed E-state index contributed by atoms with van der Waals surface area (Å²) in [5.41, 5.74) is 2.90. The number of aromatic hydroxyl groups is 1. The van der Waals surface area contributed by atoms with Crippen molar-refractivity contribution in [1.82, 2.24) is 19.8 Å². The Hall–Kier alpha value is -3.11. The molecule has 2 saturated carbocycles. The second kappa shape index (κ2) is 6.71. The molecule has 1 saturated heterocycles. The maximum absolute atomic E-state index is 13.0. The normalized spacial score (nSPS) is 30.2. The lowest BCUT2D eigenvalue weighted by atomic mass is 9.51. The van der Waals surface area contributed by atoms with Gasteiger partial charge in [-0.25, -0.2) is 9.59 Å². The molecule has 162 valence electrons. The summed E-state index contributed by atoms with van der Waals surface area (Å²) < 4.78 is 2.22. The van der Waals surface area contributed by atoms with Gasteiger partial charge in [-0.15, -0.1) is 0 Å². The maximum atomic E-state index is 13.0. The Kier molecular flexibility index (Phi) is 4.51. The van der Waals surface area contributed by atoms with Crippen molar-refractivity contribution in [2.45, 2.75) is 70.0 Å². The molecule has 0 atom stereocenters. The fourth-order valence-electron chi connectivity index (χ4n) is 5.47. The molecule has 2 aliphatic carbocycles. The first kappa shape index (κ1) is 20.2. The lowest BCUT2D eigenvalue weighted by molar-refractivity contribution is -0.135. The van der Waals surface area contributed by atoms with Gasteiger partial charge in [-0.05, 0) is 50.4 Å². The fourth-order valence-corrected chi connectivity index (χ4v) is 5.47. The minimum atomic E-state index is -0.824. The number of carbonyl (C=O) groups is 2. The largest absolute Gasteiger partial charge is 0.494 e. The van der Waals surface area contributed by atoms with Crippen LogP contribution in [0.4, 0.5) is 4.79 Å². The number of urea groups is 1. The van der Waals surface area contributed by atoms with Crippen LogP contribution < -0.4 is 27.6 Å². The third-order valence-corrected chi connectivity index (χ3v) is 6.81. The molecule has 1 aromatic heterocycles. The number of hydrogen-bond acceptors (Lipinski definition) is 6. The summed E-state index contributed by atoms with van der Waals surface area (Å²) >= 11 is 0. The van der Waals surface area contributed by atoms with Crippen molar-refractivity contribution in [2.75, 3.05) is 0 Å². The molecule has 11 heteroatoms. The summed E-state index contributed by atoms with van der Waals surface area (Å²) in [5.74, 6) is -1.43. The highest BCUT2D eigenvalue weighted by Gasteiger charge is 2.62. The third-order valence-electron chi connectivity index (χ3n) is 6.81. The van der Waals surface area contributed by atoms with Crippen LogP contribution >= 0.6 is 0 Å². The van der Waals surface area contributed by atoms with Gasteiger partial charge in [0.1, 0.15) is 16.9 Å². The van der Waals surface area contributed by atoms with E-state index in [1.807, 2.05) is 6.92 Å². The fraction of sp³-hybridized carbons (Fsp3) is 0.632. The van der Waals surface area contributed by atoms with E-state index in [4.69, 9.17) is 11.1 Å². The van der Waals surface area contributed by atoms with Crippen molar-refractivity contribution in [1.29, 1.82) is 5.41 Å². The molecule has 11 nitrogen and oxygen atoms in total. The van der Waals surface area contributed by atoms with Gasteiger partial charge in [0, 0.05) is 12.6 Å². The van der Waals surface area contributed by atoms with E-state index >= 15 is 0 Å². The third kappa shape index (κ3) is 2.83. The number of rotatable bonds is 4. The Morgan fingerprint density at radius 2 is 1.87 bits per heavy atom. The van der Waals surface area contributed by atoms with Crippen molar-refractivity contribution in [3.8, 4) is 5.88 Å². The lowest BCUT2D eigenvalue weighted by Crippen LogP contribution is -2.63. The summed E-state index contributed by atoms with van der Waals surface area (Å²) in [6.07, 6.45) is 4.18. The van der Waals surface area contributed by atoms with Gasteiger partial charge in [-0.3, -0.25) is 29.4 Å². The first-order chi connectivity index (χ1) is 14.1. The van der Waals surface area contributed by atoms with Crippen LogP contribution in [0.5, 0.6) is 5.88 Å². The first-order valence-electron chi connectivity index (χ1n) is 10.2. The Morgan fingerprint density at radius 3 is 2.37 bits per heavy atom. The number of aromatic nitrogens is 2. The number of amides is 3. The predicted molar refractivity (Wildman–Crippen MR) is 107 cm³/mol. The molecule has 4 rings (SSSR count). The van der Waals surface area contributed by atoms with Crippen molar-refractivity contribution < 1.29 is 14.7 Å². The van der Waals surface area contributed by atoms with Crippen molar-refractivity contribution in [3.05, 3.63) is 26.4 Å². The van der Waals surface area contributed by atoms with Gasteiger partial charge >= 0.3 is 11.7 Å². The molecule has 3 aliphatic rings. The van der Waals surface area contributed by atoms with Crippen LogP contribution in [-0.4, -0.2) is 37.6 Å². The van der Waals surface area contributed by atoms with Crippen LogP contribution in [0.1, 0.15) is 63.5 Å². The number of hydrogen-bond donors (Lipinski definition) is 5. The van der Waals surface area contributed by atoms with Crippen LogP contribution in [0, 0.1) is 10.8 Å². The summed E-state index contributed by atoms with van der Waals surface area (Å²) in [7, 11) is 0. The molecule has 2 heterocycles. The monoisotopic (exact) mass is 418 g/mol. The second-order valence-corrected chi connectivity index (χ2v) is 8.80. The Bertz CT molecular complexity index is 1050. The average molecular weight is 418 g/mol. The number of nitrogen functional groups attached to an aromatic ring is 1. The molecule has 1 aliphatic heterocycles. The van der Waals surface area contributed by atoms with E-state index in [2.05, 4.69) is 10.6 Å². The van der Waals surface area contributed by atoms with Crippen LogP contribution in [0.2, 0.25) is 0 Å². The van der Waals surface area contributed by atoms with Crippen LogP contribution in [-0.2, 0) is 11.3 Å². The topological polar surface area (TPSA) is 172 Å². The highest BCUT2D eigenvalue weighted by Crippen LogP contribution is 2.58. The van der Waals surface area contributed by atoms with E-state index < -0.39 is 34.5 Å². The number of carbonyl (C=O) groups excluding carboxylic acids is 2. The summed E-state index contributed by atoms with van der Waals surface area (Å²) in [6.45, 7) is 2.04. The lowest BCUT2D eigenvalue weighted by Gasteiger charge is -2.55. The van der Waals surface area contributed by atoms with Crippen LogP contribution in [0.25, 0.3) is 0 Å². The molecule has 30 heavy (non-hydrogen) atoms. The van der Waals surface area contributed by atoms with Crippen molar-refractivity contribution >= 4 is 17.8 Å². The van der Waals surface area contributed by atoms with E-state index in [-0.39, 0.29) is 29.5 Å². The minimum absolute atomic E-state index is 0.0994. The molecule has 2 spiro atoms. The number of imide groups is 1. The molecular weight excluding hydrogens is 392 g/mol. The smallest absolute Gasteiger partial charge is 0.334 e. The summed E-state index contributed by atoms with van der Waals surface area (Å²) in [4.78, 5) is 49.4. The molecule has 0 unspecified atom stereocenters. The molecule has 1 aromatic rings. The number of nitrogens with two attached hydrogens (primary N) is 1. The van der Waals surface area contributed by atoms with E-state index in [0.29, 0.717) is 44.9 Å². The molecule has 6 N–H and O–H groups in total. The SMILES string of the molecule is CCCn1c(O)c(C(=N)N)c(=O)n(C2CCC3(CC2)CC2(C3)NC(=O)NC2=O)c1=O. The van der Waals surface area contributed by atoms with Gasteiger partial charge < -0.3 is 16.2 Å². The van der Waals surface area contributed by atoms with Gasteiger partial charge in [-0.2, -0.15) is 0 Å². The Morgan fingerprint density at radius 1 is 1.23 bits per heavy atom. The maximum Gasteiger partial charge on any atom is 0.334 e. The van der Waals surface area contributed by atoms with E-state index in [1.165, 1.54) is 0 Å². The molecule has 3 amide bonds. The molecular formula is C19H26N6O5. The molecule has 0 radical (unpaired) electrons. The standard InChI is InChI=1S/C19H26N6O5/c1-2-7-24-13(26)11(12(20)21)14(27)25(17(24)30)10-3-5-18(6-4-10)8-19(9-18)15(28)22-16(29)23-19/h10,26H,2-9H2,1H3,(H3,20,21)(H2,22,23,28,29). The zero-order valence-electron chi connectivity index (χ0n) is 16.8. The summed E-state index contributed by atoms with van der Waals surface area (Å²) in [6, 6.07) is -0.839. The van der Waals surface area contributed by atoms with Crippen molar-refractivity contribution in [3.63, 3.8) is 0 Å². The zero-order chi connectivity index (χ0) is 21.8. The van der Waals surface area contributed by atoms with Gasteiger partial charge in [0.25, 0.3) is 11.5 Å². The predicted octanol–water partition coefficient (Wildman–Crippen LogP) is -0.117. The minimum Gasteiger partial charge on any atom is -0.494 e. The number of nitrogens with one attached hydrogen (secondary N) is 3. The van der Waals surface area contributed by atoms with Gasteiger partial charge in [0.05, 0.1) is 0 Å². The Labute approximate surface area is 171 Å². The molecule has 0 aromatic carbocycles. The Balaban J connectivity index is 1.59.